The molecule has 2 rings (SSSR count). The van der Waals surface area contributed by atoms with Gasteiger partial charge in [-0.2, -0.15) is 4.57 Å². The van der Waals surface area contributed by atoms with E-state index >= 15 is 0 Å². The number of rotatable bonds is 1. The fourth-order valence-electron chi connectivity index (χ4n) is 1.61. The van der Waals surface area contributed by atoms with Crippen LogP contribution in [0.15, 0.2) is 36.7 Å². The molecule has 76 valence electrons. The molecule has 0 aromatic carbocycles. The third-order valence-corrected chi connectivity index (χ3v) is 2.48. The summed E-state index contributed by atoms with van der Waals surface area (Å²) in [4.78, 5) is 4.39. The van der Waals surface area contributed by atoms with Crippen LogP contribution in [0.1, 0.15) is 11.1 Å². The summed E-state index contributed by atoms with van der Waals surface area (Å²) < 4.78 is 2.09. The van der Waals surface area contributed by atoms with Crippen LogP contribution in [0.3, 0.4) is 0 Å². The van der Waals surface area contributed by atoms with Crippen LogP contribution in [0.5, 0.6) is 0 Å². The van der Waals surface area contributed by atoms with E-state index in [0.29, 0.717) is 0 Å². The smallest absolute Gasteiger partial charge is 0.231 e. The molecule has 0 radical (unpaired) electrons. The van der Waals surface area contributed by atoms with Crippen molar-refractivity contribution >= 4 is 0 Å². The molecule has 0 saturated heterocycles. The molecular formula is C13H15N2+. The molecule has 2 aromatic heterocycles. The van der Waals surface area contributed by atoms with E-state index in [0.717, 1.165) is 11.4 Å². The highest BCUT2D eigenvalue weighted by atomic mass is 14.9. The highest BCUT2D eigenvalue weighted by Crippen LogP contribution is 2.14. The Balaban J connectivity index is 2.58. The zero-order chi connectivity index (χ0) is 10.8. The van der Waals surface area contributed by atoms with Crippen molar-refractivity contribution in [1.29, 1.82) is 0 Å². The van der Waals surface area contributed by atoms with Crippen LogP contribution in [-0.2, 0) is 7.05 Å². The number of aromatic nitrogens is 2. The highest BCUT2D eigenvalue weighted by molar-refractivity contribution is 5.52. The number of aryl methyl sites for hydroxylation is 3. The monoisotopic (exact) mass is 199 g/mol. The van der Waals surface area contributed by atoms with Crippen LogP contribution < -0.4 is 4.57 Å². The van der Waals surface area contributed by atoms with E-state index < -0.39 is 0 Å². The first-order valence-electron chi connectivity index (χ1n) is 5.06. The summed E-state index contributed by atoms with van der Waals surface area (Å²) in [6.07, 6.45) is 3.92. The Morgan fingerprint density at radius 1 is 1.07 bits per heavy atom. The summed E-state index contributed by atoms with van der Waals surface area (Å²) in [6, 6.07) is 8.37. The van der Waals surface area contributed by atoms with Crippen LogP contribution in [0.2, 0.25) is 0 Å². The standard InChI is InChI=1S/C13H15N2/c1-10-4-6-14-12(8-10)13-9-11(2)5-7-15(13)3/h4-9H,1-3H3/q+1. The van der Waals surface area contributed by atoms with E-state index in [1.54, 1.807) is 0 Å². The maximum atomic E-state index is 4.39. The number of nitrogens with zero attached hydrogens (tertiary/aromatic N) is 2. The van der Waals surface area contributed by atoms with Crippen molar-refractivity contribution in [3.05, 3.63) is 47.8 Å². The van der Waals surface area contributed by atoms with Crippen molar-refractivity contribution in [2.24, 2.45) is 7.05 Å². The maximum absolute atomic E-state index is 4.39. The third kappa shape index (κ3) is 2.04. The summed E-state index contributed by atoms with van der Waals surface area (Å²) >= 11 is 0. The first kappa shape index (κ1) is 9.84. The fraction of sp³-hybridized carbons (Fsp3) is 0.231. The Morgan fingerprint density at radius 3 is 2.53 bits per heavy atom. The largest absolute Gasteiger partial charge is 0.250 e. The van der Waals surface area contributed by atoms with E-state index in [2.05, 4.69) is 47.8 Å². The van der Waals surface area contributed by atoms with Gasteiger partial charge in [0.05, 0.1) is 0 Å². The molecule has 0 N–H and O–H groups in total. The van der Waals surface area contributed by atoms with Crippen LogP contribution >= 0.6 is 0 Å². The van der Waals surface area contributed by atoms with Gasteiger partial charge in [0, 0.05) is 18.3 Å². The van der Waals surface area contributed by atoms with Gasteiger partial charge in [-0.1, -0.05) is 0 Å². The fourth-order valence-corrected chi connectivity index (χ4v) is 1.61. The second kappa shape index (κ2) is 3.81. The Morgan fingerprint density at radius 2 is 1.80 bits per heavy atom. The van der Waals surface area contributed by atoms with E-state index in [9.17, 15) is 0 Å². The molecule has 0 fully saturated rings. The van der Waals surface area contributed by atoms with Crippen LogP contribution in [-0.4, -0.2) is 4.98 Å². The number of hydrogen-bond donors (Lipinski definition) is 0. The molecule has 2 heterocycles. The summed E-state index contributed by atoms with van der Waals surface area (Å²) in [5.74, 6) is 0. The first-order chi connectivity index (χ1) is 7.16. The molecule has 0 bridgehead atoms. The van der Waals surface area contributed by atoms with Gasteiger partial charge in [0.15, 0.2) is 6.20 Å². The first-order valence-corrected chi connectivity index (χ1v) is 5.06. The van der Waals surface area contributed by atoms with Crippen LogP contribution in [0.4, 0.5) is 0 Å². The lowest BCUT2D eigenvalue weighted by Gasteiger charge is -2.01. The minimum atomic E-state index is 1.03. The molecule has 2 nitrogen and oxygen atoms in total. The van der Waals surface area contributed by atoms with E-state index in [1.807, 2.05) is 19.3 Å². The Hall–Kier alpha value is -1.70. The molecule has 0 unspecified atom stereocenters. The van der Waals surface area contributed by atoms with Crippen LogP contribution in [0.25, 0.3) is 11.4 Å². The van der Waals surface area contributed by atoms with Gasteiger partial charge in [0.25, 0.3) is 0 Å². The van der Waals surface area contributed by atoms with Gasteiger partial charge in [-0.05, 0) is 37.1 Å². The average Bonchev–Trinajstić information content (AvgIpc) is 2.22. The predicted molar refractivity (Wildman–Crippen MR) is 60.3 cm³/mol. The summed E-state index contributed by atoms with van der Waals surface area (Å²) in [5, 5.41) is 0. The zero-order valence-electron chi connectivity index (χ0n) is 9.36. The number of hydrogen-bond acceptors (Lipinski definition) is 1. The van der Waals surface area contributed by atoms with Crippen molar-refractivity contribution in [3.63, 3.8) is 0 Å². The molecular weight excluding hydrogens is 184 g/mol. The Kier molecular flexibility index (Phi) is 2.50. The van der Waals surface area contributed by atoms with Crippen molar-refractivity contribution < 1.29 is 4.57 Å². The second-order valence-corrected chi connectivity index (χ2v) is 3.92. The number of pyridine rings is 2. The lowest BCUT2D eigenvalue weighted by molar-refractivity contribution is -0.660. The molecule has 0 saturated carbocycles. The minimum absolute atomic E-state index is 1.03. The molecule has 15 heavy (non-hydrogen) atoms. The van der Waals surface area contributed by atoms with E-state index in [-0.39, 0.29) is 0 Å². The normalized spacial score (nSPS) is 10.3. The van der Waals surface area contributed by atoms with Gasteiger partial charge >= 0.3 is 0 Å². The molecule has 2 aromatic rings. The molecule has 2 heteroatoms. The second-order valence-electron chi connectivity index (χ2n) is 3.92. The molecule has 0 aliphatic rings. The third-order valence-electron chi connectivity index (χ3n) is 2.48. The lowest BCUT2D eigenvalue weighted by atomic mass is 10.1. The van der Waals surface area contributed by atoms with Gasteiger partial charge in [0.2, 0.25) is 5.69 Å². The molecule has 0 aliphatic heterocycles. The zero-order valence-corrected chi connectivity index (χ0v) is 9.36. The topological polar surface area (TPSA) is 16.8 Å². The summed E-state index contributed by atoms with van der Waals surface area (Å²) in [5.41, 5.74) is 4.67. The van der Waals surface area contributed by atoms with Crippen molar-refractivity contribution in [1.82, 2.24) is 4.98 Å². The quantitative estimate of drug-likeness (QED) is 0.643. The minimum Gasteiger partial charge on any atom is -0.250 e. The molecule has 0 aliphatic carbocycles. The SMILES string of the molecule is Cc1ccnc(-c2cc(C)cc[n+]2C)c1. The van der Waals surface area contributed by atoms with E-state index in [4.69, 9.17) is 0 Å². The predicted octanol–water partition coefficient (Wildman–Crippen LogP) is 2.19. The molecule has 0 amide bonds. The summed E-state index contributed by atoms with van der Waals surface area (Å²) in [7, 11) is 2.04. The van der Waals surface area contributed by atoms with Gasteiger partial charge in [-0.15, -0.1) is 0 Å². The van der Waals surface area contributed by atoms with Gasteiger partial charge in [0.1, 0.15) is 12.7 Å². The van der Waals surface area contributed by atoms with Crippen LogP contribution in [0, 0.1) is 13.8 Å². The maximum Gasteiger partial charge on any atom is 0.231 e. The molecule has 0 spiro atoms. The van der Waals surface area contributed by atoms with Gasteiger partial charge in [-0.25, -0.2) is 4.98 Å². The van der Waals surface area contributed by atoms with Crippen molar-refractivity contribution in [2.45, 2.75) is 13.8 Å². The summed E-state index contributed by atoms with van der Waals surface area (Å²) in [6.45, 7) is 4.18. The Bertz CT molecular complexity index is 490. The molecule has 0 atom stereocenters. The van der Waals surface area contributed by atoms with E-state index in [1.165, 1.54) is 11.1 Å². The average molecular weight is 199 g/mol. The Labute approximate surface area is 90.2 Å². The highest BCUT2D eigenvalue weighted by Gasteiger charge is 2.10. The lowest BCUT2D eigenvalue weighted by Crippen LogP contribution is -2.30. The van der Waals surface area contributed by atoms with Gasteiger partial charge in [-0.3, -0.25) is 0 Å². The van der Waals surface area contributed by atoms with Crippen molar-refractivity contribution in [2.75, 3.05) is 0 Å². The van der Waals surface area contributed by atoms with Crippen molar-refractivity contribution in [3.8, 4) is 11.4 Å². The van der Waals surface area contributed by atoms with Gasteiger partial charge < -0.3 is 0 Å².